The van der Waals surface area contributed by atoms with Gasteiger partial charge in [-0.25, -0.2) is 0 Å². The van der Waals surface area contributed by atoms with Crippen LogP contribution in [0.5, 0.6) is 5.75 Å². The van der Waals surface area contributed by atoms with Gasteiger partial charge in [-0.2, -0.15) is 0 Å². The number of hydrogen-bond donors (Lipinski definition) is 2. The highest BCUT2D eigenvalue weighted by Gasteiger charge is 2.17. The van der Waals surface area contributed by atoms with E-state index in [1.54, 1.807) is 30.3 Å². The number of carbonyl (C=O) groups is 2. The summed E-state index contributed by atoms with van der Waals surface area (Å²) < 4.78 is 0. The number of ketones is 1. The molecular formula is C24H17NO3. The molecule has 2 N–H and O–H groups in total. The molecule has 136 valence electrons. The first kappa shape index (κ1) is 17.5. The van der Waals surface area contributed by atoms with E-state index < -0.39 is 5.91 Å². The highest BCUT2D eigenvalue weighted by Crippen LogP contribution is 2.25. The van der Waals surface area contributed by atoms with Crippen molar-refractivity contribution in [3.63, 3.8) is 0 Å². The quantitative estimate of drug-likeness (QED) is 0.497. The second-order valence-electron chi connectivity index (χ2n) is 6.41. The van der Waals surface area contributed by atoms with Gasteiger partial charge in [0.2, 0.25) is 0 Å². The number of phenolic OH excluding ortho intramolecular Hbond substituents is 1. The van der Waals surface area contributed by atoms with E-state index in [1.165, 1.54) is 18.2 Å². The van der Waals surface area contributed by atoms with E-state index in [9.17, 15) is 14.7 Å². The molecule has 0 fully saturated rings. The predicted octanol–water partition coefficient (Wildman–Crippen LogP) is 5.03. The summed E-state index contributed by atoms with van der Waals surface area (Å²) in [6.45, 7) is 0. The molecule has 0 bridgehead atoms. The summed E-state index contributed by atoms with van der Waals surface area (Å²) in [4.78, 5) is 25.7. The number of fused-ring (bicyclic) bond motifs is 1. The molecule has 4 aromatic carbocycles. The van der Waals surface area contributed by atoms with Crippen LogP contribution in [0.25, 0.3) is 10.8 Å². The number of hydrogen-bond acceptors (Lipinski definition) is 3. The Bertz CT molecular complexity index is 1180. The minimum Gasteiger partial charge on any atom is -0.507 e. The number of amides is 1. The Morgan fingerprint density at radius 1 is 0.714 bits per heavy atom. The first-order valence-electron chi connectivity index (χ1n) is 8.85. The summed E-state index contributed by atoms with van der Waals surface area (Å²) in [5.41, 5.74) is 1.55. The lowest BCUT2D eigenvalue weighted by Gasteiger charge is -2.10. The topological polar surface area (TPSA) is 66.4 Å². The third-order valence-electron chi connectivity index (χ3n) is 4.57. The van der Waals surface area contributed by atoms with Crippen molar-refractivity contribution < 1.29 is 14.7 Å². The van der Waals surface area contributed by atoms with Gasteiger partial charge in [0.05, 0.1) is 5.56 Å². The normalized spacial score (nSPS) is 10.6. The Hall–Kier alpha value is -3.92. The number of carbonyl (C=O) groups excluding carboxylic acids is 2. The maximum Gasteiger partial charge on any atom is 0.259 e. The molecule has 0 saturated heterocycles. The lowest BCUT2D eigenvalue weighted by Crippen LogP contribution is -2.13. The molecule has 28 heavy (non-hydrogen) atoms. The van der Waals surface area contributed by atoms with E-state index >= 15 is 0 Å². The van der Waals surface area contributed by atoms with Crippen molar-refractivity contribution in [2.75, 3.05) is 5.32 Å². The van der Waals surface area contributed by atoms with Gasteiger partial charge in [0, 0.05) is 16.8 Å². The molecule has 0 saturated carbocycles. The average Bonchev–Trinajstić information content (AvgIpc) is 2.74. The molecule has 4 aromatic rings. The maximum atomic E-state index is 13.1. The van der Waals surface area contributed by atoms with Gasteiger partial charge in [-0.1, -0.05) is 60.7 Å². The van der Waals surface area contributed by atoms with Crippen molar-refractivity contribution in [2.24, 2.45) is 0 Å². The van der Waals surface area contributed by atoms with E-state index in [0.717, 1.165) is 10.8 Å². The third kappa shape index (κ3) is 3.35. The van der Waals surface area contributed by atoms with Gasteiger partial charge in [-0.15, -0.1) is 0 Å². The van der Waals surface area contributed by atoms with Crippen molar-refractivity contribution in [1.82, 2.24) is 0 Å². The SMILES string of the molecule is O=C(Nc1ccccc1)c1cc(C(=O)c2cccc3ccccc23)ccc1O. The minimum absolute atomic E-state index is 0.0509. The monoisotopic (exact) mass is 367 g/mol. The lowest BCUT2D eigenvalue weighted by molar-refractivity contribution is 0.102. The summed E-state index contributed by atoms with van der Waals surface area (Å²) in [7, 11) is 0. The molecule has 0 heterocycles. The van der Waals surface area contributed by atoms with E-state index in [1.807, 2.05) is 42.5 Å². The fourth-order valence-corrected chi connectivity index (χ4v) is 3.16. The smallest absolute Gasteiger partial charge is 0.259 e. The van der Waals surface area contributed by atoms with E-state index in [2.05, 4.69) is 5.32 Å². The van der Waals surface area contributed by atoms with Gasteiger partial charge in [-0.05, 0) is 41.1 Å². The number of para-hydroxylation sites is 1. The molecule has 4 nitrogen and oxygen atoms in total. The summed E-state index contributed by atoms with van der Waals surface area (Å²) in [5, 5.41) is 14.7. The van der Waals surface area contributed by atoms with Crippen molar-refractivity contribution >= 4 is 28.2 Å². The van der Waals surface area contributed by atoms with Crippen LogP contribution >= 0.6 is 0 Å². The number of nitrogens with one attached hydrogen (secondary N) is 1. The van der Waals surface area contributed by atoms with E-state index in [0.29, 0.717) is 16.8 Å². The molecule has 0 aliphatic carbocycles. The molecule has 0 atom stereocenters. The van der Waals surface area contributed by atoms with Crippen LogP contribution < -0.4 is 5.32 Å². The molecule has 0 aliphatic heterocycles. The zero-order valence-corrected chi connectivity index (χ0v) is 14.9. The highest BCUT2D eigenvalue weighted by molar-refractivity contribution is 6.17. The molecule has 4 heteroatoms. The zero-order chi connectivity index (χ0) is 19.5. The fourth-order valence-electron chi connectivity index (χ4n) is 3.16. The first-order chi connectivity index (χ1) is 13.6. The molecule has 0 radical (unpaired) electrons. The van der Waals surface area contributed by atoms with Gasteiger partial charge < -0.3 is 10.4 Å². The Kier molecular flexibility index (Phi) is 4.60. The highest BCUT2D eigenvalue weighted by atomic mass is 16.3. The van der Waals surface area contributed by atoms with Crippen LogP contribution in [0.3, 0.4) is 0 Å². The van der Waals surface area contributed by atoms with Gasteiger partial charge in [0.25, 0.3) is 5.91 Å². The Labute approximate surface area is 162 Å². The largest absolute Gasteiger partial charge is 0.507 e. The first-order valence-corrected chi connectivity index (χ1v) is 8.85. The Morgan fingerprint density at radius 3 is 2.25 bits per heavy atom. The molecule has 0 spiro atoms. The fraction of sp³-hybridized carbons (Fsp3) is 0. The second-order valence-corrected chi connectivity index (χ2v) is 6.41. The summed E-state index contributed by atoms with van der Waals surface area (Å²) in [5.74, 6) is -0.857. The average molecular weight is 367 g/mol. The lowest BCUT2D eigenvalue weighted by atomic mass is 9.96. The van der Waals surface area contributed by atoms with Gasteiger partial charge in [0.15, 0.2) is 5.78 Å². The second kappa shape index (κ2) is 7.37. The molecule has 0 unspecified atom stereocenters. The molecule has 1 amide bonds. The third-order valence-corrected chi connectivity index (χ3v) is 4.57. The zero-order valence-electron chi connectivity index (χ0n) is 14.9. The van der Waals surface area contributed by atoms with E-state index in [4.69, 9.17) is 0 Å². The summed E-state index contributed by atoms with van der Waals surface area (Å²) in [6.07, 6.45) is 0. The molecule has 0 aromatic heterocycles. The van der Waals surface area contributed by atoms with Crippen molar-refractivity contribution in [2.45, 2.75) is 0 Å². The van der Waals surface area contributed by atoms with Crippen molar-refractivity contribution in [3.8, 4) is 5.75 Å². The van der Waals surface area contributed by atoms with Gasteiger partial charge in [-0.3, -0.25) is 9.59 Å². The number of phenols is 1. The van der Waals surface area contributed by atoms with Crippen LogP contribution in [-0.4, -0.2) is 16.8 Å². The van der Waals surface area contributed by atoms with Crippen LogP contribution in [0.4, 0.5) is 5.69 Å². The maximum absolute atomic E-state index is 13.1. The Morgan fingerprint density at radius 2 is 1.43 bits per heavy atom. The van der Waals surface area contributed by atoms with Gasteiger partial charge in [0.1, 0.15) is 5.75 Å². The number of rotatable bonds is 4. The standard InChI is InChI=1S/C24H17NO3/c26-22-14-13-17(15-21(22)24(28)25-18-9-2-1-3-10-18)23(27)20-12-6-8-16-7-4-5-11-19(16)20/h1-15,26H,(H,25,28). The van der Waals surface area contributed by atoms with Crippen molar-refractivity contribution in [1.29, 1.82) is 0 Å². The summed E-state index contributed by atoms with van der Waals surface area (Å²) >= 11 is 0. The van der Waals surface area contributed by atoms with Crippen LogP contribution in [-0.2, 0) is 0 Å². The number of anilines is 1. The minimum atomic E-state index is -0.476. The van der Waals surface area contributed by atoms with Crippen LogP contribution in [0.15, 0.2) is 91.0 Å². The number of benzene rings is 4. The molecular weight excluding hydrogens is 350 g/mol. The molecule has 4 rings (SSSR count). The van der Waals surface area contributed by atoms with E-state index in [-0.39, 0.29) is 17.1 Å². The molecule has 0 aliphatic rings. The summed E-state index contributed by atoms with van der Waals surface area (Å²) in [6, 6.07) is 26.5. The predicted molar refractivity (Wildman–Crippen MR) is 110 cm³/mol. The number of aromatic hydroxyl groups is 1. The van der Waals surface area contributed by atoms with Crippen molar-refractivity contribution in [3.05, 3.63) is 108 Å². The van der Waals surface area contributed by atoms with Crippen LogP contribution in [0.1, 0.15) is 26.3 Å². The van der Waals surface area contributed by atoms with Crippen LogP contribution in [0, 0.1) is 0 Å². The Balaban J connectivity index is 1.70. The van der Waals surface area contributed by atoms with Crippen LogP contribution in [0.2, 0.25) is 0 Å². The van der Waals surface area contributed by atoms with Gasteiger partial charge >= 0.3 is 0 Å².